The summed E-state index contributed by atoms with van der Waals surface area (Å²) in [7, 11) is 0. The first-order valence-electron chi connectivity index (χ1n) is 2.33. The molecule has 1 aromatic rings. The molecule has 0 atom stereocenters. The SMILES string of the molecule is CCc1snnc1[S]. The summed E-state index contributed by atoms with van der Waals surface area (Å²) in [4.78, 5) is 1.11. The van der Waals surface area contributed by atoms with Gasteiger partial charge in [-0.1, -0.05) is 24.0 Å². The summed E-state index contributed by atoms with van der Waals surface area (Å²) in [5.74, 6) is 0. The first-order valence-corrected chi connectivity index (χ1v) is 3.51. The third-order valence-electron chi connectivity index (χ3n) is 0.842. The molecule has 1 radical (unpaired) electrons. The van der Waals surface area contributed by atoms with Crippen molar-refractivity contribution in [2.24, 2.45) is 0 Å². The highest BCUT2D eigenvalue weighted by atomic mass is 32.1. The van der Waals surface area contributed by atoms with Gasteiger partial charge in [-0.15, -0.1) is 5.10 Å². The van der Waals surface area contributed by atoms with Crippen molar-refractivity contribution >= 4 is 24.2 Å². The Hall–Kier alpha value is -0.220. The number of nitrogens with zero attached hydrogens (tertiary/aromatic N) is 2. The lowest BCUT2D eigenvalue weighted by Gasteiger charge is -1.80. The van der Waals surface area contributed by atoms with Crippen molar-refractivity contribution in [1.82, 2.24) is 9.59 Å². The molecule has 0 saturated carbocycles. The van der Waals surface area contributed by atoms with Gasteiger partial charge in [0.05, 0.1) is 4.88 Å². The van der Waals surface area contributed by atoms with Crippen molar-refractivity contribution in [2.75, 3.05) is 0 Å². The zero-order valence-electron chi connectivity index (χ0n) is 4.42. The van der Waals surface area contributed by atoms with Crippen LogP contribution in [0.2, 0.25) is 0 Å². The smallest absolute Gasteiger partial charge is 0.126 e. The highest BCUT2D eigenvalue weighted by molar-refractivity contribution is 7.80. The lowest BCUT2D eigenvalue weighted by atomic mass is 10.4. The Morgan fingerprint density at radius 2 is 2.50 bits per heavy atom. The van der Waals surface area contributed by atoms with Gasteiger partial charge in [0.2, 0.25) is 0 Å². The Morgan fingerprint density at radius 3 is 2.75 bits per heavy atom. The predicted molar refractivity (Wildman–Crippen MR) is 35.1 cm³/mol. The number of hydrogen-bond donors (Lipinski definition) is 0. The average molecular weight is 145 g/mol. The van der Waals surface area contributed by atoms with Gasteiger partial charge in [0.15, 0.2) is 5.03 Å². The van der Waals surface area contributed by atoms with Crippen LogP contribution in [-0.2, 0) is 6.42 Å². The topological polar surface area (TPSA) is 25.8 Å². The highest BCUT2D eigenvalue weighted by Crippen LogP contribution is 2.13. The molecule has 0 aliphatic carbocycles. The molecule has 0 aromatic carbocycles. The van der Waals surface area contributed by atoms with E-state index in [0.717, 1.165) is 11.3 Å². The van der Waals surface area contributed by atoms with Gasteiger partial charge in [-0.3, -0.25) is 0 Å². The molecule has 0 fully saturated rings. The maximum Gasteiger partial charge on any atom is 0.164 e. The van der Waals surface area contributed by atoms with Crippen LogP contribution in [0.15, 0.2) is 5.03 Å². The second kappa shape index (κ2) is 2.37. The van der Waals surface area contributed by atoms with Crippen molar-refractivity contribution in [3.05, 3.63) is 4.88 Å². The third-order valence-corrected chi connectivity index (χ3v) is 2.17. The molecule has 0 spiro atoms. The standard InChI is InChI=1S/C4H5N2S2/c1-2-3-4(7)5-6-8-3/h2H2,1H3. The van der Waals surface area contributed by atoms with Crippen LogP contribution in [0, 0.1) is 0 Å². The van der Waals surface area contributed by atoms with E-state index in [0.29, 0.717) is 5.03 Å². The zero-order valence-corrected chi connectivity index (χ0v) is 6.05. The summed E-state index contributed by atoms with van der Waals surface area (Å²) in [5.41, 5.74) is 0. The summed E-state index contributed by atoms with van der Waals surface area (Å²) in [6, 6.07) is 0. The van der Waals surface area contributed by atoms with Crippen LogP contribution >= 0.6 is 24.2 Å². The summed E-state index contributed by atoms with van der Waals surface area (Å²) >= 11 is 6.21. The Balaban J connectivity index is 2.92. The number of hydrogen-bond acceptors (Lipinski definition) is 3. The Morgan fingerprint density at radius 1 is 1.75 bits per heavy atom. The van der Waals surface area contributed by atoms with Gasteiger partial charge in [-0.2, -0.15) is 0 Å². The molecular weight excluding hydrogens is 140 g/mol. The number of aryl methyl sites for hydroxylation is 1. The van der Waals surface area contributed by atoms with E-state index >= 15 is 0 Å². The minimum absolute atomic E-state index is 0.664. The van der Waals surface area contributed by atoms with Crippen molar-refractivity contribution in [1.29, 1.82) is 0 Å². The normalized spacial score (nSPS) is 9.62. The number of rotatable bonds is 1. The van der Waals surface area contributed by atoms with Gasteiger partial charge in [-0.25, -0.2) is 0 Å². The lowest BCUT2D eigenvalue weighted by Crippen LogP contribution is -1.72. The third kappa shape index (κ3) is 0.952. The molecule has 0 aliphatic heterocycles. The minimum Gasteiger partial charge on any atom is -0.126 e. The largest absolute Gasteiger partial charge is 0.164 e. The van der Waals surface area contributed by atoms with Crippen molar-refractivity contribution in [2.45, 2.75) is 18.4 Å². The summed E-state index contributed by atoms with van der Waals surface area (Å²) in [5, 5.41) is 4.34. The molecule has 0 bridgehead atoms. The molecule has 1 heterocycles. The monoisotopic (exact) mass is 145 g/mol. The fourth-order valence-electron chi connectivity index (χ4n) is 0.417. The molecule has 4 heteroatoms. The van der Waals surface area contributed by atoms with Crippen LogP contribution in [0.3, 0.4) is 0 Å². The van der Waals surface area contributed by atoms with Crippen molar-refractivity contribution < 1.29 is 0 Å². The molecule has 1 rings (SSSR count). The first kappa shape index (κ1) is 5.91. The van der Waals surface area contributed by atoms with E-state index in [2.05, 4.69) is 9.59 Å². The van der Waals surface area contributed by atoms with Crippen molar-refractivity contribution in [3.8, 4) is 0 Å². The molecule has 0 saturated heterocycles. The molecule has 1 aromatic heterocycles. The number of aromatic nitrogens is 2. The maximum atomic E-state index is 4.82. The van der Waals surface area contributed by atoms with E-state index in [1.807, 2.05) is 6.92 Å². The van der Waals surface area contributed by atoms with E-state index < -0.39 is 0 Å². The van der Waals surface area contributed by atoms with E-state index in [4.69, 9.17) is 12.6 Å². The van der Waals surface area contributed by atoms with Crippen LogP contribution in [0.25, 0.3) is 0 Å². The molecule has 0 N–H and O–H groups in total. The molecule has 0 aliphatic rings. The Labute approximate surface area is 57.5 Å². The van der Waals surface area contributed by atoms with Gasteiger partial charge in [-0.05, 0) is 18.0 Å². The summed E-state index contributed by atoms with van der Waals surface area (Å²) in [6.45, 7) is 2.05. The van der Waals surface area contributed by atoms with Gasteiger partial charge in [0, 0.05) is 0 Å². The zero-order chi connectivity index (χ0) is 5.98. The Kier molecular flexibility index (Phi) is 1.75. The van der Waals surface area contributed by atoms with E-state index in [1.54, 1.807) is 0 Å². The van der Waals surface area contributed by atoms with Crippen LogP contribution in [0.5, 0.6) is 0 Å². The molecule has 0 unspecified atom stereocenters. The highest BCUT2D eigenvalue weighted by Gasteiger charge is 1.99. The van der Waals surface area contributed by atoms with Crippen LogP contribution < -0.4 is 0 Å². The molecule has 8 heavy (non-hydrogen) atoms. The predicted octanol–water partition coefficient (Wildman–Crippen LogP) is 1.66. The Bertz CT molecular complexity index is 172. The second-order valence-electron chi connectivity index (χ2n) is 1.35. The molecule has 43 valence electrons. The second-order valence-corrected chi connectivity index (χ2v) is 2.58. The van der Waals surface area contributed by atoms with E-state index in [9.17, 15) is 0 Å². The lowest BCUT2D eigenvalue weighted by molar-refractivity contribution is 0.994. The minimum atomic E-state index is 0.664. The fourth-order valence-corrected chi connectivity index (χ4v) is 1.24. The summed E-state index contributed by atoms with van der Waals surface area (Å²) in [6.07, 6.45) is 0.955. The van der Waals surface area contributed by atoms with Crippen LogP contribution in [-0.4, -0.2) is 9.59 Å². The summed E-state index contributed by atoms with van der Waals surface area (Å²) < 4.78 is 3.68. The maximum absolute atomic E-state index is 4.82. The van der Waals surface area contributed by atoms with Gasteiger partial charge in [0.1, 0.15) is 0 Å². The fraction of sp³-hybridized carbons (Fsp3) is 0.500. The average Bonchev–Trinajstić information content (AvgIpc) is 2.14. The van der Waals surface area contributed by atoms with Gasteiger partial charge < -0.3 is 0 Å². The molecule has 0 amide bonds. The van der Waals surface area contributed by atoms with Crippen LogP contribution in [0.1, 0.15) is 11.8 Å². The van der Waals surface area contributed by atoms with Crippen LogP contribution in [0.4, 0.5) is 0 Å². The van der Waals surface area contributed by atoms with Gasteiger partial charge in [0.25, 0.3) is 0 Å². The quantitative estimate of drug-likeness (QED) is 0.600. The first-order chi connectivity index (χ1) is 3.84. The molecule has 2 nitrogen and oxygen atoms in total. The van der Waals surface area contributed by atoms with Gasteiger partial charge >= 0.3 is 0 Å². The van der Waals surface area contributed by atoms with Crippen molar-refractivity contribution in [3.63, 3.8) is 0 Å². The molecular formula is C4H5N2S2. The van der Waals surface area contributed by atoms with E-state index in [1.165, 1.54) is 11.5 Å². The van der Waals surface area contributed by atoms with E-state index in [-0.39, 0.29) is 0 Å².